The Bertz CT molecular complexity index is 590. The van der Waals surface area contributed by atoms with Crippen molar-refractivity contribution >= 4 is 20.0 Å². The molecule has 0 amide bonds. The first-order valence-electron chi connectivity index (χ1n) is 9.09. The molecular formula is C20H33NO4Si. The van der Waals surface area contributed by atoms with Crippen LogP contribution in [0.5, 0.6) is 0 Å². The summed E-state index contributed by atoms with van der Waals surface area (Å²) in [6, 6.07) is 9.29. The topological polar surface area (TPSA) is 78.6 Å². The summed E-state index contributed by atoms with van der Waals surface area (Å²) in [5.41, 5.74) is 6.73. The van der Waals surface area contributed by atoms with Gasteiger partial charge in [0, 0.05) is 12.0 Å². The van der Waals surface area contributed by atoms with Crippen molar-refractivity contribution in [3.63, 3.8) is 0 Å². The predicted molar refractivity (Wildman–Crippen MR) is 107 cm³/mol. The fraction of sp³-hybridized carbons (Fsp3) is 0.600. The highest BCUT2D eigenvalue weighted by Gasteiger charge is 2.30. The van der Waals surface area contributed by atoms with E-state index in [0.29, 0.717) is 6.61 Å². The van der Waals surface area contributed by atoms with Gasteiger partial charge in [0.1, 0.15) is 11.6 Å². The zero-order valence-corrected chi connectivity index (χ0v) is 17.9. The highest BCUT2D eigenvalue weighted by molar-refractivity contribution is 6.77. The number of ether oxygens (including phenoxy) is 2. The van der Waals surface area contributed by atoms with E-state index >= 15 is 0 Å². The van der Waals surface area contributed by atoms with Crippen LogP contribution in [0.1, 0.15) is 44.7 Å². The number of benzene rings is 1. The number of hydrogen-bond acceptors (Lipinski definition) is 5. The van der Waals surface area contributed by atoms with Gasteiger partial charge in [0.15, 0.2) is 0 Å². The first kappa shape index (κ1) is 22.4. The van der Waals surface area contributed by atoms with Gasteiger partial charge in [-0.15, -0.1) is 0 Å². The lowest BCUT2D eigenvalue weighted by Crippen LogP contribution is -2.38. The van der Waals surface area contributed by atoms with Gasteiger partial charge in [0.2, 0.25) is 0 Å². The van der Waals surface area contributed by atoms with Gasteiger partial charge in [0.05, 0.1) is 14.7 Å². The van der Waals surface area contributed by atoms with Gasteiger partial charge in [-0.1, -0.05) is 50.0 Å². The smallest absolute Gasteiger partial charge is 0.322 e. The molecule has 6 heteroatoms. The quantitative estimate of drug-likeness (QED) is 0.551. The highest BCUT2D eigenvalue weighted by Crippen LogP contribution is 2.27. The third kappa shape index (κ3) is 8.14. The number of carbonyl (C=O) groups is 2. The first-order valence-corrected chi connectivity index (χ1v) is 12.7. The van der Waals surface area contributed by atoms with Crippen molar-refractivity contribution in [2.75, 3.05) is 6.61 Å². The Morgan fingerprint density at radius 2 is 1.69 bits per heavy atom. The van der Waals surface area contributed by atoms with Crippen molar-refractivity contribution in [3.8, 4) is 0 Å². The molecule has 0 heterocycles. The molecule has 1 rings (SSSR count). The lowest BCUT2D eigenvalue weighted by Gasteiger charge is -2.29. The summed E-state index contributed by atoms with van der Waals surface area (Å²) >= 11 is 0. The van der Waals surface area contributed by atoms with Gasteiger partial charge in [-0.3, -0.25) is 9.59 Å². The number of esters is 2. The fourth-order valence-corrected chi connectivity index (χ4v) is 4.36. The molecule has 0 saturated heterocycles. The Morgan fingerprint density at radius 1 is 1.12 bits per heavy atom. The molecule has 5 nitrogen and oxygen atoms in total. The fourth-order valence-electron chi connectivity index (χ4n) is 2.59. The van der Waals surface area contributed by atoms with Gasteiger partial charge in [-0.2, -0.15) is 0 Å². The van der Waals surface area contributed by atoms with Crippen LogP contribution in [0.3, 0.4) is 0 Å². The predicted octanol–water partition coefficient (Wildman–Crippen LogP) is 3.64. The molecule has 146 valence electrons. The minimum Gasteiger partial charge on any atom is -0.464 e. The Kier molecular flexibility index (Phi) is 8.03. The summed E-state index contributed by atoms with van der Waals surface area (Å²) < 4.78 is 10.7. The van der Waals surface area contributed by atoms with Crippen molar-refractivity contribution in [3.05, 3.63) is 35.9 Å². The van der Waals surface area contributed by atoms with Crippen molar-refractivity contribution in [1.82, 2.24) is 0 Å². The number of nitrogens with two attached hydrogens (primary N) is 1. The molecule has 0 spiro atoms. The van der Waals surface area contributed by atoms with Crippen LogP contribution >= 0.6 is 0 Å². The van der Waals surface area contributed by atoms with Gasteiger partial charge in [-0.25, -0.2) is 0 Å². The standard InChI is InChI=1S/C20H33NO4Si/c1-20(2,3)25-18(22)13-12-16(21)19(23)24-14-17(26(4,5)6)15-10-8-7-9-11-15/h7-11,16-17H,12-14,21H2,1-6H3/t16-,17?/m0/s1. The van der Waals surface area contributed by atoms with E-state index in [0.717, 1.165) is 0 Å². The van der Waals surface area contributed by atoms with Crippen LogP contribution in [0.15, 0.2) is 30.3 Å². The molecule has 26 heavy (non-hydrogen) atoms. The Labute approximate surface area is 158 Å². The highest BCUT2D eigenvalue weighted by atomic mass is 28.3. The van der Waals surface area contributed by atoms with Gasteiger partial charge in [0.25, 0.3) is 0 Å². The maximum absolute atomic E-state index is 12.2. The average molecular weight is 380 g/mol. The van der Waals surface area contributed by atoms with Crippen molar-refractivity contribution in [2.24, 2.45) is 5.73 Å². The monoisotopic (exact) mass is 379 g/mol. The van der Waals surface area contributed by atoms with Crippen LogP contribution in [-0.2, 0) is 19.1 Å². The third-order valence-corrected chi connectivity index (χ3v) is 6.61. The number of hydrogen-bond donors (Lipinski definition) is 1. The molecule has 0 fully saturated rings. The minimum atomic E-state index is -1.58. The molecule has 0 bridgehead atoms. The van der Waals surface area contributed by atoms with Crippen LogP contribution in [0.25, 0.3) is 0 Å². The second kappa shape index (κ2) is 9.32. The molecule has 2 N–H and O–H groups in total. The van der Waals surface area contributed by atoms with Gasteiger partial charge in [-0.05, 0) is 32.8 Å². The van der Waals surface area contributed by atoms with E-state index in [1.807, 2.05) is 18.2 Å². The molecule has 0 aromatic heterocycles. The maximum Gasteiger partial charge on any atom is 0.322 e. The van der Waals surface area contributed by atoms with Crippen LogP contribution in [-0.4, -0.2) is 38.3 Å². The maximum atomic E-state index is 12.2. The molecule has 0 aliphatic rings. The summed E-state index contributed by atoms with van der Waals surface area (Å²) in [6.07, 6.45) is 0.320. The van der Waals surface area contributed by atoms with E-state index in [4.69, 9.17) is 15.2 Å². The SMILES string of the molecule is CC(C)(C)OC(=O)CC[C@H](N)C(=O)OCC(c1ccccc1)[Si](C)(C)C. The lowest BCUT2D eigenvalue weighted by atomic mass is 10.1. The normalized spacial score (nSPS) is 14.4. The summed E-state index contributed by atoms with van der Waals surface area (Å²) in [4.78, 5) is 24.0. The van der Waals surface area contributed by atoms with Crippen molar-refractivity contribution in [1.29, 1.82) is 0 Å². The molecule has 0 aliphatic heterocycles. The van der Waals surface area contributed by atoms with Crippen LogP contribution in [0, 0.1) is 0 Å². The molecule has 1 aromatic carbocycles. The van der Waals surface area contributed by atoms with Crippen LogP contribution in [0.4, 0.5) is 0 Å². The molecule has 2 atom stereocenters. The number of rotatable bonds is 8. The summed E-state index contributed by atoms with van der Waals surface area (Å²) in [5.74, 6) is -0.822. The largest absolute Gasteiger partial charge is 0.464 e. The summed E-state index contributed by atoms with van der Waals surface area (Å²) in [7, 11) is -1.58. The van der Waals surface area contributed by atoms with Crippen molar-refractivity contribution in [2.45, 2.75) is 70.4 Å². The van der Waals surface area contributed by atoms with Crippen molar-refractivity contribution < 1.29 is 19.1 Å². The summed E-state index contributed by atoms with van der Waals surface area (Å²) in [5, 5.41) is 0. The van der Waals surface area contributed by atoms with E-state index in [2.05, 4.69) is 31.8 Å². The Morgan fingerprint density at radius 3 is 2.19 bits per heavy atom. The molecule has 1 aromatic rings. The molecular weight excluding hydrogens is 346 g/mol. The van der Waals surface area contributed by atoms with E-state index in [9.17, 15) is 9.59 Å². The lowest BCUT2D eigenvalue weighted by molar-refractivity contribution is -0.155. The second-order valence-corrected chi connectivity index (χ2v) is 14.1. The molecule has 1 unspecified atom stereocenters. The Balaban J connectivity index is 2.56. The Hall–Kier alpha value is -1.66. The summed E-state index contributed by atoms with van der Waals surface area (Å²) in [6.45, 7) is 12.5. The van der Waals surface area contributed by atoms with E-state index in [1.54, 1.807) is 20.8 Å². The van der Waals surface area contributed by atoms with E-state index in [1.165, 1.54) is 5.56 Å². The third-order valence-electron chi connectivity index (χ3n) is 4.02. The van der Waals surface area contributed by atoms with Crippen LogP contribution in [0.2, 0.25) is 19.6 Å². The van der Waals surface area contributed by atoms with E-state index < -0.39 is 25.7 Å². The molecule has 0 aliphatic carbocycles. The zero-order valence-electron chi connectivity index (χ0n) is 16.9. The van der Waals surface area contributed by atoms with Crippen LogP contribution < -0.4 is 5.73 Å². The minimum absolute atomic E-state index is 0.101. The second-order valence-electron chi connectivity index (χ2n) is 8.69. The zero-order chi connectivity index (χ0) is 20.0. The van der Waals surface area contributed by atoms with E-state index in [-0.39, 0.29) is 24.4 Å². The molecule has 0 saturated carbocycles. The number of carbonyl (C=O) groups excluding carboxylic acids is 2. The first-order chi connectivity index (χ1) is 11.9. The van der Waals surface area contributed by atoms with Gasteiger partial charge < -0.3 is 15.2 Å². The molecule has 0 radical (unpaired) electrons. The van der Waals surface area contributed by atoms with Gasteiger partial charge >= 0.3 is 11.9 Å². The average Bonchev–Trinajstić information content (AvgIpc) is 2.50.